The predicted octanol–water partition coefficient (Wildman–Crippen LogP) is -0.220. The van der Waals surface area contributed by atoms with Crippen LogP contribution in [0.1, 0.15) is 12.8 Å². The summed E-state index contributed by atoms with van der Waals surface area (Å²) >= 11 is 0. The predicted molar refractivity (Wildman–Crippen MR) is 27.8 cm³/mol. The first-order valence-electron chi connectivity index (χ1n) is 2.68. The van der Waals surface area contributed by atoms with Gasteiger partial charge in [0, 0.05) is 6.61 Å². The van der Waals surface area contributed by atoms with Crippen LogP contribution in [0.4, 0.5) is 0 Å². The molecule has 0 aromatic rings. The molecule has 0 aromatic carbocycles. The first-order chi connectivity index (χ1) is 3.93. The van der Waals surface area contributed by atoms with Gasteiger partial charge in [-0.3, -0.25) is 4.79 Å². The van der Waals surface area contributed by atoms with Crippen LogP contribution < -0.4 is 5.32 Å². The summed E-state index contributed by atoms with van der Waals surface area (Å²) in [5, 5.41) is 2.42. The summed E-state index contributed by atoms with van der Waals surface area (Å²) in [7, 11) is 0. The summed E-state index contributed by atoms with van der Waals surface area (Å²) in [6, 6.07) is 0. The van der Waals surface area contributed by atoms with Crippen molar-refractivity contribution in [1.82, 2.24) is 5.32 Å². The molecule has 8 heavy (non-hydrogen) atoms. The fourth-order valence-electron chi connectivity index (χ4n) is 0.757. The molecular weight excluding hydrogens is 106 g/mol. The Bertz CT molecular complexity index is 78.5. The summed E-state index contributed by atoms with van der Waals surface area (Å²) in [5.41, 5.74) is 0. The van der Waals surface area contributed by atoms with Gasteiger partial charge in [-0.05, 0) is 12.8 Å². The third-order valence-corrected chi connectivity index (χ3v) is 1.15. The number of ether oxygens (including phenoxy) is 1. The Kier molecular flexibility index (Phi) is 1.86. The van der Waals surface area contributed by atoms with E-state index in [9.17, 15) is 4.79 Å². The standard InChI is InChI=1S/C5H8NO2/c7-4-6-5-2-1-3-8-5/h5H,1-3H2,(H,6,7). The molecule has 45 valence electrons. The molecule has 1 radical (unpaired) electrons. The fraction of sp³-hybridized carbons (Fsp3) is 0.800. The molecule has 0 spiro atoms. The van der Waals surface area contributed by atoms with Crippen LogP contribution in [0.15, 0.2) is 0 Å². The van der Waals surface area contributed by atoms with Crippen molar-refractivity contribution in [2.24, 2.45) is 0 Å². The average molecular weight is 114 g/mol. The maximum atomic E-state index is 9.64. The molecule has 1 fully saturated rings. The van der Waals surface area contributed by atoms with Gasteiger partial charge in [0.25, 0.3) is 0 Å². The van der Waals surface area contributed by atoms with Gasteiger partial charge in [0.1, 0.15) is 6.23 Å². The van der Waals surface area contributed by atoms with E-state index < -0.39 is 0 Å². The molecule has 1 aliphatic heterocycles. The lowest BCUT2D eigenvalue weighted by atomic mass is 10.3. The highest BCUT2D eigenvalue weighted by molar-refractivity contribution is 5.47. The SMILES string of the molecule is O=[C]NC1CCCO1. The Hall–Kier alpha value is -0.570. The number of hydrogen-bond acceptors (Lipinski definition) is 2. The smallest absolute Gasteiger partial charge is 0.311 e. The number of nitrogens with one attached hydrogen (secondary N) is 1. The molecule has 0 saturated carbocycles. The molecule has 0 aliphatic carbocycles. The van der Waals surface area contributed by atoms with Crippen molar-refractivity contribution in [3.63, 3.8) is 0 Å². The first kappa shape index (κ1) is 5.56. The van der Waals surface area contributed by atoms with Crippen molar-refractivity contribution >= 4 is 6.41 Å². The lowest BCUT2D eigenvalue weighted by Gasteiger charge is -2.03. The normalized spacial score (nSPS) is 27.8. The van der Waals surface area contributed by atoms with E-state index >= 15 is 0 Å². The highest BCUT2D eigenvalue weighted by Gasteiger charge is 2.12. The van der Waals surface area contributed by atoms with Gasteiger partial charge in [-0.15, -0.1) is 0 Å². The lowest BCUT2D eigenvalue weighted by molar-refractivity contribution is 0.0994. The molecule has 0 aromatic heterocycles. The first-order valence-corrected chi connectivity index (χ1v) is 2.68. The van der Waals surface area contributed by atoms with E-state index in [-0.39, 0.29) is 6.23 Å². The Morgan fingerprint density at radius 1 is 1.75 bits per heavy atom. The molecule has 1 amide bonds. The van der Waals surface area contributed by atoms with Gasteiger partial charge < -0.3 is 10.1 Å². The molecule has 1 rings (SSSR count). The van der Waals surface area contributed by atoms with E-state index in [4.69, 9.17) is 4.74 Å². The van der Waals surface area contributed by atoms with E-state index in [0.717, 1.165) is 19.4 Å². The Balaban J connectivity index is 2.14. The minimum Gasteiger partial charge on any atom is -0.359 e. The summed E-state index contributed by atoms with van der Waals surface area (Å²) in [6.07, 6.45) is 3.49. The summed E-state index contributed by atoms with van der Waals surface area (Å²) in [6.45, 7) is 0.763. The monoisotopic (exact) mass is 114 g/mol. The van der Waals surface area contributed by atoms with Crippen molar-refractivity contribution < 1.29 is 9.53 Å². The van der Waals surface area contributed by atoms with Crippen LogP contribution in [-0.4, -0.2) is 19.2 Å². The third-order valence-electron chi connectivity index (χ3n) is 1.15. The van der Waals surface area contributed by atoms with Crippen molar-refractivity contribution in [1.29, 1.82) is 0 Å². The quantitative estimate of drug-likeness (QED) is 0.504. The van der Waals surface area contributed by atoms with Crippen LogP contribution >= 0.6 is 0 Å². The Labute approximate surface area is 48.0 Å². The van der Waals surface area contributed by atoms with Crippen molar-refractivity contribution in [2.45, 2.75) is 19.1 Å². The Morgan fingerprint density at radius 2 is 2.62 bits per heavy atom. The number of rotatable bonds is 2. The topological polar surface area (TPSA) is 38.3 Å². The highest BCUT2D eigenvalue weighted by atomic mass is 16.5. The van der Waals surface area contributed by atoms with Gasteiger partial charge in [0.05, 0.1) is 0 Å². The molecule has 3 heteroatoms. The van der Waals surface area contributed by atoms with Crippen molar-refractivity contribution in [3.8, 4) is 0 Å². The van der Waals surface area contributed by atoms with Crippen LogP contribution in [0, 0.1) is 0 Å². The van der Waals surface area contributed by atoms with Gasteiger partial charge in [-0.2, -0.15) is 0 Å². The van der Waals surface area contributed by atoms with E-state index in [2.05, 4.69) is 5.32 Å². The lowest BCUT2D eigenvalue weighted by Crippen LogP contribution is -2.25. The van der Waals surface area contributed by atoms with Gasteiger partial charge in [-0.1, -0.05) is 0 Å². The minimum absolute atomic E-state index is 0.0625. The molecule has 1 atom stereocenters. The van der Waals surface area contributed by atoms with Crippen LogP contribution in [0.25, 0.3) is 0 Å². The molecule has 0 bridgehead atoms. The molecule has 1 heterocycles. The zero-order chi connectivity index (χ0) is 5.82. The fourth-order valence-corrected chi connectivity index (χ4v) is 0.757. The minimum atomic E-state index is -0.0625. The number of amides is 1. The zero-order valence-corrected chi connectivity index (χ0v) is 4.52. The van der Waals surface area contributed by atoms with Gasteiger partial charge in [-0.25, -0.2) is 0 Å². The van der Waals surface area contributed by atoms with Gasteiger partial charge in [0.15, 0.2) is 0 Å². The highest BCUT2D eigenvalue weighted by Crippen LogP contribution is 2.07. The van der Waals surface area contributed by atoms with Crippen LogP contribution in [-0.2, 0) is 9.53 Å². The molecule has 3 nitrogen and oxygen atoms in total. The second-order valence-electron chi connectivity index (χ2n) is 1.75. The van der Waals surface area contributed by atoms with Gasteiger partial charge in [0.2, 0.25) is 0 Å². The van der Waals surface area contributed by atoms with E-state index in [0.29, 0.717) is 0 Å². The molecule has 1 N–H and O–H groups in total. The van der Waals surface area contributed by atoms with E-state index in [1.807, 2.05) is 0 Å². The van der Waals surface area contributed by atoms with E-state index in [1.165, 1.54) is 0 Å². The van der Waals surface area contributed by atoms with Crippen molar-refractivity contribution in [3.05, 3.63) is 0 Å². The molecule has 1 aliphatic rings. The average Bonchev–Trinajstić information content (AvgIpc) is 2.19. The van der Waals surface area contributed by atoms with Crippen LogP contribution in [0.2, 0.25) is 0 Å². The summed E-state index contributed by atoms with van der Waals surface area (Å²) < 4.78 is 5.02. The Morgan fingerprint density at radius 3 is 3.12 bits per heavy atom. The summed E-state index contributed by atoms with van der Waals surface area (Å²) in [5.74, 6) is 0. The molecule has 1 saturated heterocycles. The number of hydrogen-bond donors (Lipinski definition) is 1. The van der Waals surface area contributed by atoms with Crippen molar-refractivity contribution in [2.75, 3.05) is 6.61 Å². The van der Waals surface area contributed by atoms with Crippen LogP contribution in [0.5, 0.6) is 0 Å². The largest absolute Gasteiger partial charge is 0.359 e. The molecular formula is C5H8NO2. The number of carbonyl (C=O) groups excluding carboxylic acids is 1. The zero-order valence-electron chi connectivity index (χ0n) is 4.52. The second-order valence-corrected chi connectivity index (χ2v) is 1.75. The summed E-state index contributed by atoms with van der Waals surface area (Å²) in [4.78, 5) is 9.64. The van der Waals surface area contributed by atoms with Gasteiger partial charge >= 0.3 is 6.41 Å². The second kappa shape index (κ2) is 2.67. The van der Waals surface area contributed by atoms with E-state index in [1.54, 1.807) is 6.41 Å². The van der Waals surface area contributed by atoms with Crippen LogP contribution in [0.3, 0.4) is 0 Å². The third kappa shape index (κ3) is 1.20. The maximum Gasteiger partial charge on any atom is 0.311 e. The molecule has 1 unspecified atom stereocenters. The maximum absolute atomic E-state index is 9.64.